The van der Waals surface area contributed by atoms with Crippen LogP contribution in [0, 0.1) is 0 Å². The summed E-state index contributed by atoms with van der Waals surface area (Å²) in [7, 11) is 0. The Bertz CT molecular complexity index is 431. The van der Waals surface area contributed by atoms with Gasteiger partial charge in [-0.15, -0.1) is 0 Å². The van der Waals surface area contributed by atoms with E-state index in [9.17, 15) is 9.59 Å². The van der Waals surface area contributed by atoms with E-state index in [1.165, 1.54) is 57.8 Å². The number of rotatable bonds is 23. The van der Waals surface area contributed by atoms with Gasteiger partial charge >= 0.3 is 11.9 Å². The van der Waals surface area contributed by atoms with Gasteiger partial charge in [-0.25, -0.2) is 0 Å². The molecule has 0 amide bonds. The van der Waals surface area contributed by atoms with Crippen LogP contribution >= 0.6 is 0 Å². The molecule has 0 aromatic carbocycles. The number of ether oxygens (including phenoxy) is 2. The van der Waals surface area contributed by atoms with E-state index in [1.807, 2.05) is 13.0 Å². The smallest absolute Gasteiger partial charge is 0.306 e. The quantitative estimate of drug-likeness (QED) is 0.0919. The Kier molecular flexibility index (Phi) is 23.9. The predicted molar refractivity (Wildman–Crippen MR) is 130 cm³/mol. The summed E-state index contributed by atoms with van der Waals surface area (Å²) in [6, 6.07) is 0. The van der Waals surface area contributed by atoms with E-state index in [4.69, 9.17) is 9.47 Å². The molecule has 0 aliphatic rings. The average molecular weight is 439 g/mol. The molecule has 0 saturated heterocycles. The molecule has 0 saturated carbocycles. The fourth-order valence-electron chi connectivity index (χ4n) is 3.51. The van der Waals surface area contributed by atoms with Crippen molar-refractivity contribution >= 4 is 11.9 Å². The van der Waals surface area contributed by atoms with E-state index in [0.717, 1.165) is 51.4 Å². The molecule has 31 heavy (non-hydrogen) atoms. The second kappa shape index (κ2) is 24.9. The largest absolute Gasteiger partial charge is 0.466 e. The summed E-state index contributed by atoms with van der Waals surface area (Å²) >= 11 is 0. The summed E-state index contributed by atoms with van der Waals surface area (Å²) in [4.78, 5) is 23.1. The number of carbonyl (C=O) groups is 2. The third-order valence-corrected chi connectivity index (χ3v) is 5.46. The van der Waals surface area contributed by atoms with Crippen LogP contribution in [-0.2, 0) is 19.1 Å². The molecule has 0 aliphatic carbocycles. The summed E-state index contributed by atoms with van der Waals surface area (Å²) in [5.74, 6) is -0.168. The Labute approximate surface area is 192 Å². The van der Waals surface area contributed by atoms with Gasteiger partial charge in [0.1, 0.15) is 6.61 Å². The van der Waals surface area contributed by atoms with Crippen molar-refractivity contribution in [3.8, 4) is 0 Å². The minimum Gasteiger partial charge on any atom is -0.466 e. The SMILES string of the molecule is CCCCCCCCCCC/C=C/COC(=O)CCCCCCCCC(=O)OCCC. The molecule has 0 rings (SSSR count). The van der Waals surface area contributed by atoms with E-state index in [2.05, 4.69) is 13.0 Å². The lowest BCUT2D eigenvalue weighted by atomic mass is 10.1. The fraction of sp³-hybridized carbons (Fsp3) is 0.852. The first-order valence-corrected chi connectivity index (χ1v) is 13.2. The molecule has 0 spiro atoms. The Morgan fingerprint density at radius 1 is 0.548 bits per heavy atom. The molecule has 182 valence electrons. The van der Waals surface area contributed by atoms with Gasteiger partial charge in [0, 0.05) is 12.8 Å². The lowest BCUT2D eigenvalue weighted by Crippen LogP contribution is -2.04. The third-order valence-electron chi connectivity index (χ3n) is 5.46. The predicted octanol–water partition coefficient (Wildman–Crippen LogP) is 8.08. The summed E-state index contributed by atoms with van der Waals surface area (Å²) in [6.45, 7) is 5.20. The van der Waals surface area contributed by atoms with Gasteiger partial charge in [0.15, 0.2) is 0 Å². The number of allylic oxidation sites excluding steroid dienone is 1. The zero-order valence-electron chi connectivity index (χ0n) is 20.6. The van der Waals surface area contributed by atoms with Gasteiger partial charge < -0.3 is 9.47 Å². The number of hydrogen-bond donors (Lipinski definition) is 0. The maximum Gasteiger partial charge on any atom is 0.306 e. The number of hydrogen-bond acceptors (Lipinski definition) is 4. The van der Waals surface area contributed by atoms with E-state index >= 15 is 0 Å². The van der Waals surface area contributed by atoms with Gasteiger partial charge in [-0.05, 0) is 32.1 Å². The molecular formula is C27H50O4. The molecule has 0 aromatic heterocycles. The number of unbranched alkanes of at least 4 members (excludes halogenated alkanes) is 14. The lowest BCUT2D eigenvalue weighted by molar-refractivity contribution is -0.144. The normalized spacial score (nSPS) is 11.2. The first-order chi connectivity index (χ1) is 15.2. The highest BCUT2D eigenvalue weighted by atomic mass is 16.5. The summed E-state index contributed by atoms with van der Waals surface area (Å²) in [5, 5.41) is 0. The van der Waals surface area contributed by atoms with Crippen molar-refractivity contribution in [1.82, 2.24) is 0 Å². The van der Waals surface area contributed by atoms with E-state index < -0.39 is 0 Å². The molecule has 0 fully saturated rings. The van der Waals surface area contributed by atoms with Crippen LogP contribution in [0.5, 0.6) is 0 Å². The van der Waals surface area contributed by atoms with Crippen LogP contribution in [0.2, 0.25) is 0 Å². The van der Waals surface area contributed by atoms with Gasteiger partial charge in [-0.2, -0.15) is 0 Å². The summed E-state index contributed by atoms with van der Waals surface area (Å²) in [5.41, 5.74) is 0. The maximum atomic E-state index is 11.7. The number of esters is 2. The lowest BCUT2D eigenvalue weighted by Gasteiger charge is -2.04. The Hall–Kier alpha value is -1.32. The van der Waals surface area contributed by atoms with Crippen molar-refractivity contribution < 1.29 is 19.1 Å². The van der Waals surface area contributed by atoms with Gasteiger partial charge in [0.2, 0.25) is 0 Å². The first kappa shape index (κ1) is 29.7. The zero-order valence-corrected chi connectivity index (χ0v) is 20.6. The van der Waals surface area contributed by atoms with Crippen LogP contribution in [-0.4, -0.2) is 25.2 Å². The molecule has 0 heterocycles. The summed E-state index contributed by atoms with van der Waals surface area (Å²) < 4.78 is 10.3. The van der Waals surface area contributed by atoms with Gasteiger partial charge in [-0.1, -0.05) is 103 Å². The van der Waals surface area contributed by atoms with Crippen molar-refractivity contribution in [3.05, 3.63) is 12.2 Å². The zero-order chi connectivity index (χ0) is 22.8. The highest BCUT2D eigenvalue weighted by Crippen LogP contribution is 2.11. The first-order valence-electron chi connectivity index (χ1n) is 13.2. The molecule has 0 unspecified atom stereocenters. The molecule has 0 radical (unpaired) electrons. The van der Waals surface area contributed by atoms with Gasteiger partial charge in [0.05, 0.1) is 6.61 Å². The highest BCUT2D eigenvalue weighted by molar-refractivity contribution is 5.69. The minimum atomic E-state index is -0.0913. The second-order valence-corrected chi connectivity index (χ2v) is 8.61. The molecule has 0 aliphatic heterocycles. The molecule has 4 heteroatoms. The Morgan fingerprint density at radius 3 is 1.58 bits per heavy atom. The Morgan fingerprint density at radius 2 is 1.03 bits per heavy atom. The highest BCUT2D eigenvalue weighted by Gasteiger charge is 2.03. The molecular weight excluding hydrogens is 388 g/mol. The van der Waals surface area contributed by atoms with Gasteiger partial charge in [-0.3, -0.25) is 9.59 Å². The van der Waals surface area contributed by atoms with Crippen LogP contribution in [0.15, 0.2) is 12.2 Å². The van der Waals surface area contributed by atoms with Crippen molar-refractivity contribution in [3.63, 3.8) is 0 Å². The van der Waals surface area contributed by atoms with Crippen LogP contribution in [0.3, 0.4) is 0 Å². The number of carbonyl (C=O) groups excluding carboxylic acids is 2. The fourth-order valence-corrected chi connectivity index (χ4v) is 3.51. The van der Waals surface area contributed by atoms with Crippen molar-refractivity contribution in [2.24, 2.45) is 0 Å². The molecule has 4 nitrogen and oxygen atoms in total. The average Bonchev–Trinajstić information content (AvgIpc) is 2.77. The molecule has 0 aromatic rings. The van der Waals surface area contributed by atoms with Crippen molar-refractivity contribution in [2.45, 2.75) is 136 Å². The summed E-state index contributed by atoms with van der Waals surface area (Å²) in [6.07, 6.45) is 25.4. The standard InChI is InChI=1S/C27H50O4/c1-3-5-6-7-8-9-10-11-12-15-18-21-25-31-27(29)23-20-17-14-13-16-19-22-26(28)30-24-4-2/h18,21H,3-17,19-20,22-25H2,1-2H3/b21-18+. The monoisotopic (exact) mass is 438 g/mol. The van der Waals surface area contributed by atoms with Gasteiger partial charge in [0.25, 0.3) is 0 Å². The van der Waals surface area contributed by atoms with Crippen LogP contribution in [0.25, 0.3) is 0 Å². The van der Waals surface area contributed by atoms with Crippen molar-refractivity contribution in [2.75, 3.05) is 13.2 Å². The molecule has 0 N–H and O–H groups in total. The molecule has 0 atom stereocenters. The van der Waals surface area contributed by atoms with Crippen LogP contribution in [0.1, 0.15) is 136 Å². The van der Waals surface area contributed by atoms with Crippen LogP contribution in [0.4, 0.5) is 0 Å². The topological polar surface area (TPSA) is 52.6 Å². The van der Waals surface area contributed by atoms with E-state index in [-0.39, 0.29) is 11.9 Å². The van der Waals surface area contributed by atoms with Crippen molar-refractivity contribution in [1.29, 1.82) is 0 Å². The minimum absolute atomic E-state index is 0.0770. The second-order valence-electron chi connectivity index (χ2n) is 8.61. The third kappa shape index (κ3) is 24.8. The van der Waals surface area contributed by atoms with Crippen LogP contribution < -0.4 is 0 Å². The molecule has 0 bridgehead atoms. The Balaban J connectivity index is 3.29. The van der Waals surface area contributed by atoms with E-state index in [0.29, 0.717) is 26.1 Å². The maximum absolute atomic E-state index is 11.7. The van der Waals surface area contributed by atoms with E-state index in [1.54, 1.807) is 0 Å².